The van der Waals surface area contributed by atoms with Gasteiger partial charge in [-0.05, 0) is 42.6 Å². The van der Waals surface area contributed by atoms with Crippen LogP contribution in [0.15, 0.2) is 59.3 Å². The quantitative estimate of drug-likeness (QED) is 0.768. The van der Waals surface area contributed by atoms with E-state index in [0.29, 0.717) is 5.56 Å². The first-order chi connectivity index (χ1) is 11.4. The minimum atomic E-state index is -3.58. The minimum absolute atomic E-state index is 0.0461. The Hall–Kier alpha value is -1.96. The molecule has 7 heteroatoms. The SMILES string of the molecule is C=CCNS(=O)(=O)c1ccc(C(=O)N(C)[C@@H](C)c2cccs2)cc1. The Morgan fingerprint density at radius 3 is 2.54 bits per heavy atom. The Bertz CT molecular complexity index is 797. The fourth-order valence-electron chi connectivity index (χ4n) is 2.13. The van der Waals surface area contributed by atoms with Gasteiger partial charge >= 0.3 is 0 Å². The zero-order valence-electron chi connectivity index (χ0n) is 13.6. The molecule has 1 amide bonds. The van der Waals surface area contributed by atoms with E-state index in [2.05, 4.69) is 11.3 Å². The minimum Gasteiger partial charge on any atom is -0.334 e. The smallest absolute Gasteiger partial charge is 0.254 e. The average molecular weight is 364 g/mol. The van der Waals surface area contributed by atoms with Gasteiger partial charge in [-0.25, -0.2) is 13.1 Å². The molecule has 1 atom stereocenters. The molecule has 0 aliphatic heterocycles. The number of nitrogens with one attached hydrogen (secondary N) is 1. The lowest BCUT2D eigenvalue weighted by atomic mass is 10.1. The largest absolute Gasteiger partial charge is 0.334 e. The summed E-state index contributed by atoms with van der Waals surface area (Å²) in [6.07, 6.45) is 1.47. The van der Waals surface area contributed by atoms with Gasteiger partial charge in [0.25, 0.3) is 5.91 Å². The Balaban J connectivity index is 2.15. The maximum absolute atomic E-state index is 12.6. The van der Waals surface area contributed by atoms with Crippen molar-refractivity contribution in [3.05, 3.63) is 64.9 Å². The highest BCUT2D eigenvalue weighted by molar-refractivity contribution is 7.89. The van der Waals surface area contributed by atoms with E-state index in [1.165, 1.54) is 30.3 Å². The summed E-state index contributed by atoms with van der Waals surface area (Å²) in [4.78, 5) is 15.4. The fraction of sp³-hybridized carbons (Fsp3) is 0.235. The van der Waals surface area contributed by atoms with Crippen LogP contribution < -0.4 is 4.72 Å². The number of carbonyl (C=O) groups excluding carboxylic acids is 1. The molecule has 24 heavy (non-hydrogen) atoms. The molecule has 1 heterocycles. The van der Waals surface area contributed by atoms with Crippen molar-refractivity contribution in [2.45, 2.75) is 17.9 Å². The normalized spacial score (nSPS) is 12.6. The molecule has 1 aromatic heterocycles. The van der Waals surface area contributed by atoms with Crippen molar-refractivity contribution < 1.29 is 13.2 Å². The Labute approximate surface area is 146 Å². The van der Waals surface area contributed by atoms with Crippen molar-refractivity contribution in [1.29, 1.82) is 0 Å². The van der Waals surface area contributed by atoms with Gasteiger partial charge in [-0.1, -0.05) is 12.1 Å². The Morgan fingerprint density at radius 2 is 2.00 bits per heavy atom. The molecule has 0 saturated heterocycles. The van der Waals surface area contributed by atoms with Crippen LogP contribution in [0.2, 0.25) is 0 Å². The predicted molar refractivity (Wildman–Crippen MR) is 96.7 cm³/mol. The van der Waals surface area contributed by atoms with Crippen LogP contribution in [0.4, 0.5) is 0 Å². The first-order valence-electron chi connectivity index (χ1n) is 7.38. The van der Waals surface area contributed by atoms with Crippen LogP contribution >= 0.6 is 11.3 Å². The molecule has 0 aliphatic rings. The lowest BCUT2D eigenvalue weighted by Gasteiger charge is -2.24. The molecule has 0 saturated carbocycles. The lowest BCUT2D eigenvalue weighted by molar-refractivity contribution is 0.0745. The predicted octanol–water partition coefficient (Wildman–Crippen LogP) is 3.05. The van der Waals surface area contributed by atoms with Gasteiger partial charge in [-0.2, -0.15) is 0 Å². The van der Waals surface area contributed by atoms with E-state index >= 15 is 0 Å². The number of hydrogen-bond acceptors (Lipinski definition) is 4. The summed E-state index contributed by atoms with van der Waals surface area (Å²) in [6.45, 7) is 5.59. The van der Waals surface area contributed by atoms with E-state index in [9.17, 15) is 13.2 Å². The van der Waals surface area contributed by atoms with Gasteiger partial charge in [-0.3, -0.25) is 4.79 Å². The second kappa shape index (κ2) is 7.74. The first kappa shape index (κ1) is 18.4. The maximum atomic E-state index is 12.6. The van der Waals surface area contributed by atoms with Crippen molar-refractivity contribution in [1.82, 2.24) is 9.62 Å². The summed E-state index contributed by atoms with van der Waals surface area (Å²) in [5.74, 6) is -0.154. The summed E-state index contributed by atoms with van der Waals surface area (Å²) in [5.41, 5.74) is 0.448. The van der Waals surface area contributed by atoms with E-state index < -0.39 is 10.0 Å². The lowest BCUT2D eigenvalue weighted by Crippen LogP contribution is -2.29. The van der Waals surface area contributed by atoms with Crippen molar-refractivity contribution in [3.63, 3.8) is 0 Å². The van der Waals surface area contributed by atoms with Crippen molar-refractivity contribution in [2.75, 3.05) is 13.6 Å². The van der Waals surface area contributed by atoms with Crippen molar-refractivity contribution in [3.8, 4) is 0 Å². The number of benzene rings is 1. The maximum Gasteiger partial charge on any atom is 0.254 e. The number of carbonyl (C=O) groups is 1. The second-order valence-electron chi connectivity index (χ2n) is 5.27. The van der Waals surface area contributed by atoms with Crippen LogP contribution in [0.5, 0.6) is 0 Å². The number of amides is 1. The van der Waals surface area contributed by atoms with Crippen LogP contribution in [0, 0.1) is 0 Å². The molecule has 0 unspecified atom stereocenters. The summed E-state index contributed by atoms with van der Waals surface area (Å²) >= 11 is 1.60. The van der Waals surface area contributed by atoms with Crippen molar-refractivity contribution >= 4 is 27.3 Å². The molecule has 0 fully saturated rings. The number of nitrogens with zero attached hydrogens (tertiary/aromatic N) is 1. The molecule has 1 N–H and O–H groups in total. The topological polar surface area (TPSA) is 66.5 Å². The summed E-state index contributed by atoms with van der Waals surface area (Å²) in [5, 5.41) is 1.97. The van der Waals surface area contributed by atoms with E-state index in [1.54, 1.807) is 23.3 Å². The van der Waals surface area contributed by atoms with E-state index in [0.717, 1.165) is 4.88 Å². The summed E-state index contributed by atoms with van der Waals surface area (Å²) in [6, 6.07) is 9.82. The zero-order valence-corrected chi connectivity index (χ0v) is 15.2. The zero-order chi connectivity index (χ0) is 17.7. The summed E-state index contributed by atoms with van der Waals surface area (Å²) in [7, 11) is -1.84. The first-order valence-corrected chi connectivity index (χ1v) is 9.74. The third-order valence-corrected chi connectivity index (χ3v) is 6.17. The molecule has 0 bridgehead atoms. The van der Waals surface area contributed by atoms with Gasteiger partial charge in [-0.15, -0.1) is 17.9 Å². The molecule has 128 valence electrons. The number of thiophene rings is 1. The number of hydrogen-bond donors (Lipinski definition) is 1. The Morgan fingerprint density at radius 1 is 1.33 bits per heavy atom. The molecule has 0 radical (unpaired) electrons. The van der Waals surface area contributed by atoms with Gasteiger partial charge < -0.3 is 4.90 Å². The van der Waals surface area contributed by atoms with Gasteiger partial charge in [0.1, 0.15) is 0 Å². The molecule has 1 aromatic carbocycles. The van der Waals surface area contributed by atoms with Crippen LogP contribution in [0.25, 0.3) is 0 Å². The van der Waals surface area contributed by atoms with Crippen LogP contribution in [0.3, 0.4) is 0 Å². The third-order valence-electron chi connectivity index (χ3n) is 3.69. The molecule has 2 rings (SSSR count). The Kier molecular flexibility index (Phi) is 5.93. The van der Waals surface area contributed by atoms with Gasteiger partial charge in [0.05, 0.1) is 10.9 Å². The molecule has 2 aromatic rings. The molecular weight excluding hydrogens is 344 g/mol. The fourth-order valence-corrected chi connectivity index (χ4v) is 3.95. The molecule has 5 nitrogen and oxygen atoms in total. The van der Waals surface area contributed by atoms with E-state index in [4.69, 9.17) is 0 Å². The second-order valence-corrected chi connectivity index (χ2v) is 8.02. The molecular formula is C17H20N2O3S2. The number of rotatable bonds is 7. The highest BCUT2D eigenvalue weighted by atomic mass is 32.2. The van der Waals surface area contributed by atoms with E-state index in [-0.39, 0.29) is 23.4 Å². The van der Waals surface area contributed by atoms with Crippen LogP contribution in [0.1, 0.15) is 28.2 Å². The highest BCUT2D eigenvalue weighted by Gasteiger charge is 2.20. The third kappa shape index (κ3) is 4.11. The average Bonchev–Trinajstić information content (AvgIpc) is 3.12. The van der Waals surface area contributed by atoms with Gasteiger partial charge in [0.2, 0.25) is 10.0 Å². The van der Waals surface area contributed by atoms with Crippen LogP contribution in [-0.4, -0.2) is 32.8 Å². The van der Waals surface area contributed by atoms with Gasteiger partial charge in [0.15, 0.2) is 0 Å². The van der Waals surface area contributed by atoms with Crippen LogP contribution in [-0.2, 0) is 10.0 Å². The van der Waals surface area contributed by atoms with E-state index in [1.807, 2.05) is 24.4 Å². The van der Waals surface area contributed by atoms with Crippen molar-refractivity contribution in [2.24, 2.45) is 0 Å². The van der Waals surface area contributed by atoms with Gasteiger partial charge in [0, 0.05) is 24.0 Å². The molecule has 0 spiro atoms. The highest BCUT2D eigenvalue weighted by Crippen LogP contribution is 2.25. The summed E-state index contributed by atoms with van der Waals surface area (Å²) < 4.78 is 26.4. The monoisotopic (exact) mass is 364 g/mol. The molecule has 0 aliphatic carbocycles. The standard InChI is InChI=1S/C17H20N2O3S2/c1-4-11-18-24(21,22)15-9-7-14(8-10-15)17(20)19(3)13(2)16-6-5-12-23-16/h4-10,12-13,18H,1,11H2,2-3H3/t13-/m0/s1. The number of sulfonamides is 1.